The molecule has 1 aromatic carbocycles. The Kier molecular flexibility index (Phi) is 3.22. The van der Waals surface area contributed by atoms with Crippen LogP contribution >= 0.6 is 0 Å². The molecule has 0 saturated heterocycles. The van der Waals surface area contributed by atoms with Crippen molar-refractivity contribution in [1.82, 2.24) is 9.03 Å². The van der Waals surface area contributed by atoms with Gasteiger partial charge in [-0.1, -0.05) is 24.3 Å². The van der Waals surface area contributed by atoms with Crippen LogP contribution in [0.5, 0.6) is 0 Å². The number of rotatable bonds is 3. The SMILES string of the molecule is CN(C)S(=O)(=O)NC1c2ccccc2CC1N. The molecule has 0 heterocycles. The third kappa shape index (κ3) is 2.35. The number of hydrogen-bond donors (Lipinski definition) is 2. The molecule has 1 aliphatic carbocycles. The molecule has 94 valence electrons. The Morgan fingerprint density at radius 2 is 2.00 bits per heavy atom. The van der Waals surface area contributed by atoms with Gasteiger partial charge in [0.1, 0.15) is 0 Å². The third-order valence-electron chi connectivity index (χ3n) is 3.03. The van der Waals surface area contributed by atoms with Crippen LogP contribution < -0.4 is 10.5 Å². The molecular weight excluding hydrogens is 238 g/mol. The van der Waals surface area contributed by atoms with E-state index in [1.807, 2.05) is 24.3 Å². The fraction of sp³-hybridized carbons (Fsp3) is 0.455. The molecule has 2 atom stereocenters. The Bertz CT molecular complexity index is 513. The Morgan fingerprint density at radius 3 is 2.65 bits per heavy atom. The van der Waals surface area contributed by atoms with Crippen LogP contribution in [0.15, 0.2) is 24.3 Å². The second kappa shape index (κ2) is 4.38. The summed E-state index contributed by atoms with van der Waals surface area (Å²) in [5.74, 6) is 0. The van der Waals surface area contributed by atoms with Gasteiger partial charge in [-0.2, -0.15) is 17.4 Å². The van der Waals surface area contributed by atoms with Gasteiger partial charge in [-0.25, -0.2) is 0 Å². The molecule has 2 unspecified atom stereocenters. The molecule has 3 N–H and O–H groups in total. The van der Waals surface area contributed by atoms with E-state index in [-0.39, 0.29) is 12.1 Å². The highest BCUT2D eigenvalue weighted by atomic mass is 32.2. The van der Waals surface area contributed by atoms with Crippen LogP contribution in [0.1, 0.15) is 17.2 Å². The molecule has 1 aliphatic rings. The van der Waals surface area contributed by atoms with E-state index < -0.39 is 10.2 Å². The third-order valence-corrected chi connectivity index (χ3v) is 4.54. The quantitative estimate of drug-likeness (QED) is 0.798. The van der Waals surface area contributed by atoms with Gasteiger partial charge >= 0.3 is 0 Å². The van der Waals surface area contributed by atoms with Gasteiger partial charge in [0, 0.05) is 20.1 Å². The van der Waals surface area contributed by atoms with E-state index in [2.05, 4.69) is 4.72 Å². The topological polar surface area (TPSA) is 75.4 Å². The van der Waals surface area contributed by atoms with Crippen molar-refractivity contribution in [1.29, 1.82) is 0 Å². The summed E-state index contributed by atoms with van der Waals surface area (Å²) >= 11 is 0. The lowest BCUT2D eigenvalue weighted by Gasteiger charge is -2.21. The molecule has 6 heteroatoms. The fourth-order valence-electron chi connectivity index (χ4n) is 2.04. The monoisotopic (exact) mass is 255 g/mol. The van der Waals surface area contributed by atoms with E-state index in [1.165, 1.54) is 14.1 Å². The van der Waals surface area contributed by atoms with Gasteiger partial charge in [0.15, 0.2) is 0 Å². The van der Waals surface area contributed by atoms with Crippen LogP contribution in [0, 0.1) is 0 Å². The van der Waals surface area contributed by atoms with Crippen molar-refractivity contribution < 1.29 is 8.42 Å². The van der Waals surface area contributed by atoms with E-state index in [0.717, 1.165) is 15.4 Å². The molecule has 0 aliphatic heterocycles. The Hall–Kier alpha value is -0.950. The Balaban J connectivity index is 2.29. The van der Waals surface area contributed by atoms with Crippen molar-refractivity contribution in [2.45, 2.75) is 18.5 Å². The molecule has 0 saturated carbocycles. The van der Waals surface area contributed by atoms with Gasteiger partial charge < -0.3 is 5.73 Å². The van der Waals surface area contributed by atoms with Gasteiger partial charge in [0.05, 0.1) is 6.04 Å². The van der Waals surface area contributed by atoms with Crippen LogP contribution in [0.4, 0.5) is 0 Å². The predicted octanol–water partition coefficient (Wildman–Crippen LogP) is 0.00710. The number of nitrogens with zero attached hydrogens (tertiary/aromatic N) is 1. The largest absolute Gasteiger partial charge is 0.326 e. The first-order valence-electron chi connectivity index (χ1n) is 5.45. The van der Waals surface area contributed by atoms with Gasteiger partial charge in [-0.05, 0) is 17.5 Å². The first-order valence-corrected chi connectivity index (χ1v) is 6.89. The molecule has 0 bridgehead atoms. The number of nitrogens with one attached hydrogen (secondary N) is 1. The molecule has 17 heavy (non-hydrogen) atoms. The second-order valence-electron chi connectivity index (χ2n) is 4.45. The van der Waals surface area contributed by atoms with Crippen LogP contribution in [0.3, 0.4) is 0 Å². The summed E-state index contributed by atoms with van der Waals surface area (Å²) in [6, 6.07) is 7.20. The molecule has 1 aromatic rings. The molecule has 0 amide bonds. The van der Waals surface area contributed by atoms with Crippen molar-refractivity contribution in [3.05, 3.63) is 35.4 Å². The minimum atomic E-state index is -3.45. The molecule has 0 aromatic heterocycles. The zero-order chi connectivity index (χ0) is 12.6. The summed E-state index contributed by atoms with van der Waals surface area (Å²) in [5, 5.41) is 0. The van der Waals surface area contributed by atoms with Crippen LogP contribution in [0.25, 0.3) is 0 Å². The molecule has 2 rings (SSSR count). The average molecular weight is 255 g/mol. The molecule has 0 spiro atoms. The van der Waals surface area contributed by atoms with E-state index in [1.54, 1.807) is 0 Å². The lowest BCUT2D eigenvalue weighted by Crippen LogP contribution is -2.43. The van der Waals surface area contributed by atoms with Crippen LogP contribution in [0.2, 0.25) is 0 Å². The summed E-state index contributed by atoms with van der Waals surface area (Å²) in [7, 11) is -0.464. The predicted molar refractivity (Wildman–Crippen MR) is 66.6 cm³/mol. The summed E-state index contributed by atoms with van der Waals surface area (Å²) in [6.07, 6.45) is 0.705. The summed E-state index contributed by atoms with van der Waals surface area (Å²) in [5.41, 5.74) is 8.09. The van der Waals surface area contributed by atoms with Gasteiger partial charge in [0.2, 0.25) is 0 Å². The number of nitrogens with two attached hydrogens (primary N) is 1. The molecule has 5 nitrogen and oxygen atoms in total. The van der Waals surface area contributed by atoms with Gasteiger partial charge in [-0.3, -0.25) is 0 Å². The summed E-state index contributed by atoms with van der Waals surface area (Å²) < 4.78 is 27.4. The normalized spacial score (nSPS) is 24.0. The number of benzene rings is 1. The van der Waals surface area contributed by atoms with Crippen molar-refractivity contribution in [3.8, 4) is 0 Å². The van der Waals surface area contributed by atoms with E-state index >= 15 is 0 Å². The number of hydrogen-bond acceptors (Lipinski definition) is 3. The van der Waals surface area contributed by atoms with Crippen molar-refractivity contribution in [2.24, 2.45) is 5.73 Å². The van der Waals surface area contributed by atoms with Crippen molar-refractivity contribution in [3.63, 3.8) is 0 Å². The van der Waals surface area contributed by atoms with E-state index in [9.17, 15) is 8.42 Å². The smallest absolute Gasteiger partial charge is 0.279 e. The fourth-order valence-corrected chi connectivity index (χ4v) is 2.88. The standard InChI is InChI=1S/C11H17N3O2S/c1-14(2)17(15,16)13-11-9-6-4-3-5-8(9)7-10(11)12/h3-6,10-11,13H,7,12H2,1-2H3. The average Bonchev–Trinajstić information content (AvgIpc) is 2.55. The van der Waals surface area contributed by atoms with E-state index in [0.29, 0.717) is 6.42 Å². The lowest BCUT2D eigenvalue weighted by molar-refractivity contribution is 0.471. The highest BCUT2D eigenvalue weighted by Crippen LogP contribution is 2.30. The van der Waals surface area contributed by atoms with Crippen molar-refractivity contribution >= 4 is 10.2 Å². The zero-order valence-electron chi connectivity index (χ0n) is 9.92. The lowest BCUT2D eigenvalue weighted by atomic mass is 10.1. The first-order chi connectivity index (χ1) is 7.92. The molecular formula is C11H17N3O2S. The van der Waals surface area contributed by atoms with Gasteiger partial charge in [0.25, 0.3) is 10.2 Å². The highest BCUT2D eigenvalue weighted by Gasteiger charge is 2.33. The zero-order valence-corrected chi connectivity index (χ0v) is 10.7. The Labute approximate surface area is 102 Å². The summed E-state index contributed by atoms with van der Waals surface area (Å²) in [6.45, 7) is 0. The van der Waals surface area contributed by atoms with Crippen molar-refractivity contribution in [2.75, 3.05) is 14.1 Å². The van der Waals surface area contributed by atoms with Crippen LogP contribution in [-0.4, -0.2) is 32.9 Å². The highest BCUT2D eigenvalue weighted by molar-refractivity contribution is 7.87. The minimum absolute atomic E-state index is 0.206. The van der Waals surface area contributed by atoms with E-state index in [4.69, 9.17) is 5.73 Å². The first kappa shape index (κ1) is 12.5. The minimum Gasteiger partial charge on any atom is -0.326 e. The Morgan fingerprint density at radius 1 is 1.35 bits per heavy atom. The maximum Gasteiger partial charge on any atom is 0.279 e. The van der Waals surface area contributed by atoms with Gasteiger partial charge in [-0.15, -0.1) is 0 Å². The molecule has 0 radical (unpaired) electrons. The maximum absolute atomic E-state index is 11.8. The summed E-state index contributed by atoms with van der Waals surface area (Å²) in [4.78, 5) is 0. The molecule has 0 fully saturated rings. The van der Waals surface area contributed by atoms with Crippen LogP contribution in [-0.2, 0) is 16.6 Å². The number of fused-ring (bicyclic) bond motifs is 1. The maximum atomic E-state index is 11.8. The second-order valence-corrected chi connectivity index (χ2v) is 6.37.